The standard InChI is InChI=1S/C18H26N6O/c1-10(2)17-20-18(24-23-17)12-6-13(15(25)7-12)9-19-16-8-11-4-3-5-14(11)21-22-16/h8,10,12-13,15,25H,3-7,9H2,1-2H3,(H,19,22)(H,20,23,24)/t12-,13+,15+/m0/s1. The van der Waals surface area contributed by atoms with E-state index in [0.717, 1.165) is 48.8 Å². The van der Waals surface area contributed by atoms with Crippen molar-refractivity contribution in [3.63, 3.8) is 0 Å². The molecule has 7 nitrogen and oxygen atoms in total. The molecule has 0 radical (unpaired) electrons. The van der Waals surface area contributed by atoms with Crippen LogP contribution in [0.5, 0.6) is 0 Å². The van der Waals surface area contributed by atoms with Crippen LogP contribution >= 0.6 is 0 Å². The highest BCUT2D eigenvalue weighted by atomic mass is 16.3. The summed E-state index contributed by atoms with van der Waals surface area (Å²) in [6.45, 7) is 4.87. The van der Waals surface area contributed by atoms with Crippen LogP contribution in [-0.2, 0) is 12.8 Å². The molecule has 2 heterocycles. The fourth-order valence-corrected chi connectivity index (χ4v) is 3.93. The van der Waals surface area contributed by atoms with Gasteiger partial charge in [-0.15, -0.1) is 5.10 Å². The minimum absolute atomic E-state index is 0.188. The third kappa shape index (κ3) is 3.38. The Morgan fingerprint density at radius 2 is 2.16 bits per heavy atom. The number of hydrogen-bond donors (Lipinski definition) is 3. The van der Waals surface area contributed by atoms with Crippen molar-refractivity contribution in [2.24, 2.45) is 5.92 Å². The minimum atomic E-state index is -0.326. The number of nitrogens with one attached hydrogen (secondary N) is 2. The van der Waals surface area contributed by atoms with Gasteiger partial charge in [-0.25, -0.2) is 4.98 Å². The number of aliphatic hydroxyl groups excluding tert-OH is 1. The van der Waals surface area contributed by atoms with Gasteiger partial charge in [0.15, 0.2) is 5.82 Å². The number of hydrogen-bond acceptors (Lipinski definition) is 6. The molecule has 3 atom stereocenters. The highest BCUT2D eigenvalue weighted by molar-refractivity contribution is 5.39. The Hall–Kier alpha value is -2.02. The van der Waals surface area contributed by atoms with Crippen molar-refractivity contribution in [2.75, 3.05) is 11.9 Å². The van der Waals surface area contributed by atoms with E-state index in [-0.39, 0.29) is 17.9 Å². The third-order valence-electron chi connectivity index (χ3n) is 5.45. The van der Waals surface area contributed by atoms with E-state index in [2.05, 4.69) is 50.6 Å². The molecule has 0 bridgehead atoms. The van der Waals surface area contributed by atoms with Crippen LogP contribution in [-0.4, -0.2) is 43.1 Å². The van der Waals surface area contributed by atoms with Gasteiger partial charge in [-0.2, -0.15) is 10.2 Å². The molecular formula is C18H26N6O. The molecule has 3 N–H and O–H groups in total. The van der Waals surface area contributed by atoms with Crippen molar-refractivity contribution in [2.45, 2.75) is 63.9 Å². The largest absolute Gasteiger partial charge is 0.393 e. The van der Waals surface area contributed by atoms with Gasteiger partial charge in [0.2, 0.25) is 0 Å². The lowest BCUT2D eigenvalue weighted by Gasteiger charge is -2.15. The molecular weight excluding hydrogens is 316 g/mol. The quantitative estimate of drug-likeness (QED) is 0.770. The summed E-state index contributed by atoms with van der Waals surface area (Å²) in [5.41, 5.74) is 2.45. The van der Waals surface area contributed by atoms with E-state index < -0.39 is 0 Å². The number of aromatic nitrogens is 5. The van der Waals surface area contributed by atoms with E-state index in [9.17, 15) is 5.11 Å². The molecule has 4 rings (SSSR count). The Morgan fingerprint density at radius 1 is 1.28 bits per heavy atom. The molecule has 0 aliphatic heterocycles. The number of anilines is 1. The molecule has 2 aromatic heterocycles. The van der Waals surface area contributed by atoms with E-state index in [0.29, 0.717) is 12.5 Å². The maximum Gasteiger partial charge on any atom is 0.153 e. The third-order valence-corrected chi connectivity index (χ3v) is 5.45. The van der Waals surface area contributed by atoms with Crippen molar-refractivity contribution in [1.82, 2.24) is 25.4 Å². The first kappa shape index (κ1) is 16.4. The number of nitrogens with zero attached hydrogens (tertiary/aromatic N) is 4. The second kappa shape index (κ2) is 6.71. The van der Waals surface area contributed by atoms with Gasteiger partial charge in [0.25, 0.3) is 0 Å². The number of aryl methyl sites for hydroxylation is 2. The number of rotatable bonds is 5. The van der Waals surface area contributed by atoms with Gasteiger partial charge in [-0.05, 0) is 43.7 Å². The molecule has 2 aliphatic rings. The Morgan fingerprint density at radius 3 is 2.96 bits per heavy atom. The molecule has 2 aromatic rings. The first-order valence-electron chi connectivity index (χ1n) is 9.29. The normalized spacial score (nSPS) is 25.5. The highest BCUT2D eigenvalue weighted by Crippen LogP contribution is 2.37. The summed E-state index contributed by atoms with van der Waals surface area (Å²) in [7, 11) is 0. The molecule has 134 valence electrons. The molecule has 1 fully saturated rings. The molecule has 0 amide bonds. The van der Waals surface area contributed by atoms with E-state index in [1.807, 2.05) is 0 Å². The summed E-state index contributed by atoms with van der Waals surface area (Å²) in [6, 6.07) is 2.11. The first-order chi connectivity index (χ1) is 12.1. The van der Waals surface area contributed by atoms with E-state index in [1.54, 1.807) is 0 Å². The number of H-pyrrole nitrogens is 1. The number of aromatic amines is 1. The second-order valence-corrected chi connectivity index (χ2v) is 7.67. The Bertz CT molecular complexity index is 743. The Balaban J connectivity index is 1.36. The summed E-state index contributed by atoms with van der Waals surface area (Å²) < 4.78 is 0. The van der Waals surface area contributed by atoms with Crippen molar-refractivity contribution in [3.8, 4) is 0 Å². The zero-order chi connectivity index (χ0) is 17.4. The molecule has 0 unspecified atom stereocenters. The van der Waals surface area contributed by atoms with Crippen molar-refractivity contribution >= 4 is 5.82 Å². The predicted molar refractivity (Wildman–Crippen MR) is 94.5 cm³/mol. The number of aliphatic hydroxyl groups is 1. The average molecular weight is 342 g/mol. The van der Waals surface area contributed by atoms with Crippen molar-refractivity contribution in [1.29, 1.82) is 0 Å². The fraction of sp³-hybridized carbons (Fsp3) is 0.667. The SMILES string of the molecule is CC(C)c1n[nH]c([C@H]2C[C@H](CNc3cc4c(nn3)CCC4)[C@H](O)C2)n1. The van der Waals surface area contributed by atoms with Crippen LogP contribution in [0.2, 0.25) is 0 Å². The lowest BCUT2D eigenvalue weighted by molar-refractivity contribution is 0.137. The van der Waals surface area contributed by atoms with Crippen molar-refractivity contribution in [3.05, 3.63) is 29.0 Å². The van der Waals surface area contributed by atoms with Crippen LogP contribution in [0, 0.1) is 5.92 Å². The van der Waals surface area contributed by atoms with E-state index in [1.165, 1.54) is 12.0 Å². The topological polar surface area (TPSA) is 99.6 Å². The fourth-order valence-electron chi connectivity index (χ4n) is 3.93. The van der Waals surface area contributed by atoms with Gasteiger partial charge in [0.1, 0.15) is 11.6 Å². The van der Waals surface area contributed by atoms with Crippen LogP contribution in [0.4, 0.5) is 5.82 Å². The van der Waals surface area contributed by atoms with Gasteiger partial charge in [-0.3, -0.25) is 5.10 Å². The smallest absolute Gasteiger partial charge is 0.153 e. The highest BCUT2D eigenvalue weighted by Gasteiger charge is 2.35. The summed E-state index contributed by atoms with van der Waals surface area (Å²) in [6.07, 6.45) is 4.62. The summed E-state index contributed by atoms with van der Waals surface area (Å²) in [4.78, 5) is 4.60. The first-order valence-corrected chi connectivity index (χ1v) is 9.29. The molecule has 0 saturated heterocycles. The van der Waals surface area contributed by atoms with Gasteiger partial charge < -0.3 is 10.4 Å². The Kier molecular flexibility index (Phi) is 4.41. The van der Waals surface area contributed by atoms with Crippen LogP contribution in [0.1, 0.15) is 67.9 Å². The molecule has 0 aromatic carbocycles. The maximum absolute atomic E-state index is 10.4. The lowest BCUT2D eigenvalue weighted by Crippen LogP contribution is -2.22. The molecule has 1 saturated carbocycles. The van der Waals surface area contributed by atoms with E-state index in [4.69, 9.17) is 0 Å². The van der Waals surface area contributed by atoms with Gasteiger partial charge in [-0.1, -0.05) is 13.8 Å². The summed E-state index contributed by atoms with van der Waals surface area (Å²) in [5, 5.41) is 29.7. The monoisotopic (exact) mass is 342 g/mol. The molecule has 2 aliphatic carbocycles. The van der Waals surface area contributed by atoms with Gasteiger partial charge >= 0.3 is 0 Å². The molecule has 25 heavy (non-hydrogen) atoms. The van der Waals surface area contributed by atoms with Crippen LogP contribution in [0.15, 0.2) is 6.07 Å². The summed E-state index contributed by atoms with van der Waals surface area (Å²) >= 11 is 0. The predicted octanol–water partition coefficient (Wildman–Crippen LogP) is 2.17. The number of fused-ring (bicyclic) bond motifs is 1. The van der Waals surface area contributed by atoms with Crippen LogP contribution in [0.25, 0.3) is 0 Å². The molecule has 0 spiro atoms. The average Bonchev–Trinajstić information content (AvgIpc) is 3.31. The second-order valence-electron chi connectivity index (χ2n) is 7.67. The maximum atomic E-state index is 10.4. The van der Waals surface area contributed by atoms with Crippen LogP contribution < -0.4 is 5.32 Å². The van der Waals surface area contributed by atoms with Crippen LogP contribution in [0.3, 0.4) is 0 Å². The zero-order valence-electron chi connectivity index (χ0n) is 14.9. The Labute approximate surface area is 147 Å². The van der Waals surface area contributed by atoms with Gasteiger partial charge in [0, 0.05) is 24.3 Å². The summed E-state index contributed by atoms with van der Waals surface area (Å²) in [5.74, 6) is 3.31. The van der Waals surface area contributed by atoms with Crippen molar-refractivity contribution < 1.29 is 5.11 Å². The zero-order valence-corrected chi connectivity index (χ0v) is 14.9. The van der Waals surface area contributed by atoms with E-state index >= 15 is 0 Å². The van der Waals surface area contributed by atoms with Gasteiger partial charge in [0.05, 0.1) is 11.8 Å². The molecule has 7 heteroatoms. The minimum Gasteiger partial charge on any atom is -0.393 e. The lowest BCUT2D eigenvalue weighted by atomic mass is 10.0.